The minimum atomic E-state index is 0.317. The van der Waals surface area contributed by atoms with Crippen LogP contribution in [0.2, 0.25) is 0 Å². The summed E-state index contributed by atoms with van der Waals surface area (Å²) in [5.41, 5.74) is 0. The van der Waals surface area contributed by atoms with Crippen molar-refractivity contribution in [1.82, 2.24) is 5.32 Å². The molecule has 2 nitrogen and oxygen atoms in total. The van der Waals surface area contributed by atoms with Crippen molar-refractivity contribution in [3.63, 3.8) is 0 Å². The monoisotopic (exact) mass is 155 g/mol. The number of nitrogens with one attached hydrogen (secondary N) is 1. The van der Waals surface area contributed by atoms with E-state index in [2.05, 4.69) is 19.2 Å². The molecule has 0 spiro atoms. The third kappa shape index (κ3) is 2.62. The van der Waals surface area contributed by atoms with Crippen molar-refractivity contribution < 1.29 is 4.79 Å². The molecule has 0 aromatic heterocycles. The highest BCUT2D eigenvalue weighted by Crippen LogP contribution is 2.13. The van der Waals surface area contributed by atoms with E-state index in [1.165, 1.54) is 0 Å². The first-order valence-electron chi connectivity index (χ1n) is 4.43. The molecule has 2 heteroatoms. The smallest absolute Gasteiger partial charge is 0.137 e. The van der Waals surface area contributed by atoms with Gasteiger partial charge in [-0.3, -0.25) is 4.79 Å². The zero-order chi connectivity index (χ0) is 8.27. The molecule has 1 fully saturated rings. The molecule has 1 atom stereocenters. The Bertz CT molecular complexity index is 136. The first kappa shape index (κ1) is 8.72. The molecule has 0 unspecified atom stereocenters. The summed E-state index contributed by atoms with van der Waals surface area (Å²) in [5.74, 6) is 1.28. The molecule has 1 saturated heterocycles. The first-order valence-corrected chi connectivity index (χ1v) is 4.43. The van der Waals surface area contributed by atoms with Crippen LogP contribution in [0.5, 0.6) is 0 Å². The van der Waals surface area contributed by atoms with E-state index in [0.717, 1.165) is 25.9 Å². The van der Waals surface area contributed by atoms with Crippen LogP contribution < -0.4 is 5.32 Å². The highest BCUT2D eigenvalue weighted by molar-refractivity contribution is 5.81. The minimum Gasteiger partial charge on any atom is -0.316 e. The molecular formula is C9H17NO. The number of Topliss-reactive ketones (excluding diaryl/α,β-unsaturated/α-hetero) is 1. The highest BCUT2D eigenvalue weighted by Gasteiger charge is 2.22. The zero-order valence-electron chi connectivity index (χ0n) is 7.39. The Morgan fingerprint density at radius 2 is 2.36 bits per heavy atom. The Balaban J connectivity index is 2.28. The molecule has 0 saturated carbocycles. The summed E-state index contributed by atoms with van der Waals surface area (Å²) in [7, 11) is 0. The van der Waals surface area contributed by atoms with Gasteiger partial charge in [0, 0.05) is 18.9 Å². The van der Waals surface area contributed by atoms with E-state index < -0.39 is 0 Å². The molecule has 0 amide bonds. The van der Waals surface area contributed by atoms with Gasteiger partial charge in [0.15, 0.2) is 0 Å². The first-order chi connectivity index (χ1) is 5.20. The molecule has 1 rings (SSSR count). The van der Waals surface area contributed by atoms with Crippen molar-refractivity contribution in [2.24, 2.45) is 11.8 Å². The van der Waals surface area contributed by atoms with Crippen LogP contribution in [-0.4, -0.2) is 18.9 Å². The number of ketones is 1. The van der Waals surface area contributed by atoms with Crippen molar-refractivity contribution in [3.8, 4) is 0 Å². The van der Waals surface area contributed by atoms with Gasteiger partial charge < -0.3 is 5.32 Å². The fourth-order valence-electron chi connectivity index (χ4n) is 1.50. The second kappa shape index (κ2) is 3.86. The number of carbonyl (C=O) groups excluding carboxylic acids is 1. The van der Waals surface area contributed by atoms with Gasteiger partial charge >= 0.3 is 0 Å². The lowest BCUT2D eigenvalue weighted by Gasteiger charge is -2.08. The summed E-state index contributed by atoms with van der Waals surface area (Å²) in [5, 5.41) is 3.21. The summed E-state index contributed by atoms with van der Waals surface area (Å²) in [6.45, 7) is 6.13. The van der Waals surface area contributed by atoms with Crippen molar-refractivity contribution in [2.45, 2.75) is 26.7 Å². The molecule has 0 aliphatic carbocycles. The van der Waals surface area contributed by atoms with Gasteiger partial charge in [0.25, 0.3) is 0 Å². The average molecular weight is 155 g/mol. The van der Waals surface area contributed by atoms with Gasteiger partial charge in [-0.05, 0) is 18.9 Å². The van der Waals surface area contributed by atoms with Gasteiger partial charge in [-0.2, -0.15) is 0 Å². The van der Waals surface area contributed by atoms with Gasteiger partial charge in [-0.15, -0.1) is 0 Å². The van der Waals surface area contributed by atoms with E-state index in [9.17, 15) is 4.79 Å². The summed E-state index contributed by atoms with van der Waals surface area (Å²) in [6, 6.07) is 0. The van der Waals surface area contributed by atoms with E-state index in [1.54, 1.807) is 0 Å². The Hall–Kier alpha value is -0.370. The Morgan fingerprint density at radius 3 is 2.82 bits per heavy atom. The molecule has 1 N–H and O–H groups in total. The quantitative estimate of drug-likeness (QED) is 0.663. The van der Waals surface area contributed by atoms with Crippen LogP contribution in [0.3, 0.4) is 0 Å². The number of hydrogen-bond acceptors (Lipinski definition) is 2. The van der Waals surface area contributed by atoms with E-state index in [4.69, 9.17) is 0 Å². The van der Waals surface area contributed by atoms with Crippen molar-refractivity contribution in [1.29, 1.82) is 0 Å². The van der Waals surface area contributed by atoms with Crippen LogP contribution in [0, 0.1) is 11.8 Å². The van der Waals surface area contributed by atoms with Crippen LogP contribution >= 0.6 is 0 Å². The van der Waals surface area contributed by atoms with Crippen LogP contribution in [0.25, 0.3) is 0 Å². The maximum Gasteiger partial charge on any atom is 0.137 e. The molecule has 64 valence electrons. The van der Waals surface area contributed by atoms with Gasteiger partial charge in [0.1, 0.15) is 5.78 Å². The lowest BCUT2D eigenvalue weighted by atomic mass is 9.96. The molecule has 11 heavy (non-hydrogen) atoms. The fraction of sp³-hybridized carbons (Fsp3) is 0.889. The van der Waals surface area contributed by atoms with Crippen LogP contribution in [0.4, 0.5) is 0 Å². The van der Waals surface area contributed by atoms with E-state index in [1.807, 2.05) is 0 Å². The second-order valence-corrected chi connectivity index (χ2v) is 3.75. The SMILES string of the molecule is CC(C)CC(=O)[C@H]1CCNC1. The molecule has 1 aliphatic rings. The van der Waals surface area contributed by atoms with E-state index >= 15 is 0 Å². The molecule has 0 bridgehead atoms. The lowest BCUT2D eigenvalue weighted by Crippen LogP contribution is -2.18. The average Bonchev–Trinajstić information content (AvgIpc) is 2.35. The van der Waals surface area contributed by atoms with Crippen molar-refractivity contribution >= 4 is 5.78 Å². The van der Waals surface area contributed by atoms with Gasteiger partial charge in [-0.25, -0.2) is 0 Å². The molecule has 1 aliphatic heterocycles. The number of hydrogen-bond donors (Lipinski definition) is 1. The van der Waals surface area contributed by atoms with Crippen molar-refractivity contribution in [2.75, 3.05) is 13.1 Å². The Labute approximate surface area is 68.4 Å². The molecule has 0 aromatic carbocycles. The third-order valence-electron chi connectivity index (χ3n) is 2.13. The summed E-state index contributed by atoms with van der Waals surface area (Å²) in [6.07, 6.45) is 1.80. The summed E-state index contributed by atoms with van der Waals surface area (Å²) >= 11 is 0. The second-order valence-electron chi connectivity index (χ2n) is 3.75. The zero-order valence-corrected chi connectivity index (χ0v) is 7.39. The number of rotatable bonds is 3. The van der Waals surface area contributed by atoms with E-state index in [-0.39, 0.29) is 0 Å². The highest BCUT2D eigenvalue weighted by atomic mass is 16.1. The summed E-state index contributed by atoms with van der Waals surface area (Å²) in [4.78, 5) is 11.4. The Morgan fingerprint density at radius 1 is 1.64 bits per heavy atom. The van der Waals surface area contributed by atoms with Gasteiger partial charge in [0.2, 0.25) is 0 Å². The predicted molar refractivity (Wildman–Crippen MR) is 45.4 cm³/mol. The topological polar surface area (TPSA) is 29.1 Å². The summed E-state index contributed by atoms with van der Waals surface area (Å²) < 4.78 is 0. The third-order valence-corrected chi connectivity index (χ3v) is 2.13. The van der Waals surface area contributed by atoms with Crippen LogP contribution in [0.15, 0.2) is 0 Å². The Kier molecular flexibility index (Phi) is 3.06. The van der Waals surface area contributed by atoms with Gasteiger partial charge in [-0.1, -0.05) is 13.8 Å². The predicted octanol–water partition coefficient (Wildman–Crippen LogP) is 1.21. The number of carbonyl (C=O) groups is 1. The fourth-order valence-corrected chi connectivity index (χ4v) is 1.50. The van der Waals surface area contributed by atoms with Gasteiger partial charge in [0.05, 0.1) is 0 Å². The van der Waals surface area contributed by atoms with Crippen LogP contribution in [-0.2, 0) is 4.79 Å². The normalized spacial score (nSPS) is 24.5. The largest absolute Gasteiger partial charge is 0.316 e. The van der Waals surface area contributed by atoms with Crippen LogP contribution in [0.1, 0.15) is 26.7 Å². The minimum absolute atomic E-state index is 0.317. The molecule has 0 aromatic rings. The molecular weight excluding hydrogens is 138 g/mol. The lowest BCUT2D eigenvalue weighted by molar-refractivity contribution is -0.123. The standard InChI is InChI=1S/C9H17NO/c1-7(2)5-9(11)8-3-4-10-6-8/h7-8,10H,3-6H2,1-2H3/t8-/m0/s1. The molecule has 0 radical (unpaired) electrons. The maximum absolute atomic E-state index is 11.4. The van der Waals surface area contributed by atoms with Crippen molar-refractivity contribution in [3.05, 3.63) is 0 Å². The molecule has 1 heterocycles. The maximum atomic E-state index is 11.4. The van der Waals surface area contributed by atoms with E-state index in [0.29, 0.717) is 17.6 Å².